The van der Waals surface area contributed by atoms with Gasteiger partial charge >= 0.3 is 0 Å². The molecule has 154 valence electrons. The van der Waals surface area contributed by atoms with Crippen molar-refractivity contribution in [1.82, 2.24) is 19.5 Å². The van der Waals surface area contributed by atoms with Gasteiger partial charge in [-0.25, -0.2) is 4.98 Å². The van der Waals surface area contributed by atoms with Gasteiger partial charge in [0.15, 0.2) is 5.78 Å². The number of methoxy groups -OCH3 is 1. The van der Waals surface area contributed by atoms with E-state index < -0.39 is 0 Å². The third kappa shape index (κ3) is 3.71. The number of fused-ring (bicyclic) bond motifs is 2. The zero-order chi connectivity index (χ0) is 21.4. The van der Waals surface area contributed by atoms with E-state index in [-0.39, 0.29) is 12.3 Å². The summed E-state index contributed by atoms with van der Waals surface area (Å²) in [5.74, 6) is 1.78. The molecule has 3 aromatic heterocycles. The van der Waals surface area contributed by atoms with Crippen molar-refractivity contribution in [3.63, 3.8) is 0 Å². The fourth-order valence-electron chi connectivity index (χ4n) is 3.50. The second-order valence-electron chi connectivity index (χ2n) is 7.00. The average Bonchev–Trinajstić information content (AvgIpc) is 3.37. The Hall–Kier alpha value is -3.84. The normalized spacial score (nSPS) is 11.2. The number of nitrogens with zero attached hydrogens (tertiary/aromatic N) is 3. The van der Waals surface area contributed by atoms with Crippen LogP contribution in [-0.2, 0) is 6.54 Å². The number of aromatic amines is 1. The lowest BCUT2D eigenvalue weighted by Crippen LogP contribution is -2.09. The van der Waals surface area contributed by atoms with Crippen LogP contribution in [0.1, 0.15) is 10.4 Å². The van der Waals surface area contributed by atoms with Crippen LogP contribution in [0.5, 0.6) is 17.2 Å². The molecule has 0 radical (unpaired) electrons. The Kier molecular flexibility index (Phi) is 4.80. The first kappa shape index (κ1) is 19.1. The Balaban J connectivity index is 1.39. The van der Waals surface area contributed by atoms with Crippen molar-refractivity contribution in [1.29, 1.82) is 0 Å². The number of hydrogen-bond donors (Lipinski definition) is 1. The number of pyridine rings is 1. The largest absolute Gasteiger partial charge is 0.495 e. The fraction of sp³-hybridized carbons (Fsp3) is 0.0870. The van der Waals surface area contributed by atoms with Crippen LogP contribution in [0.4, 0.5) is 0 Å². The maximum Gasteiger partial charge on any atom is 0.184 e. The second kappa shape index (κ2) is 7.77. The molecule has 5 aromatic rings. The first-order chi connectivity index (χ1) is 15.1. The maximum absolute atomic E-state index is 13.0. The van der Waals surface area contributed by atoms with E-state index >= 15 is 0 Å². The Morgan fingerprint density at radius 2 is 1.97 bits per heavy atom. The van der Waals surface area contributed by atoms with E-state index in [2.05, 4.69) is 15.0 Å². The molecule has 0 bridgehead atoms. The standard InChI is InChI=1S/C23H17ClN4O3/c1-30-16-7-17(10-25-9-16)31-15-3-4-18-19(11-26-20(18)8-15)23(29)12-28-13-27-21-6-14(24)2-5-22(21)28/h2-11,13,26H,12H2,1H3. The number of nitrogens with one attached hydrogen (secondary N) is 1. The third-order valence-electron chi connectivity index (χ3n) is 5.01. The van der Waals surface area contributed by atoms with Crippen LogP contribution in [0.15, 0.2) is 67.4 Å². The monoisotopic (exact) mass is 432 g/mol. The molecule has 0 aliphatic heterocycles. The lowest BCUT2D eigenvalue weighted by Gasteiger charge is -2.07. The van der Waals surface area contributed by atoms with Crippen molar-refractivity contribution in [3.8, 4) is 17.2 Å². The van der Waals surface area contributed by atoms with Gasteiger partial charge in [0.05, 0.1) is 43.4 Å². The van der Waals surface area contributed by atoms with Crippen molar-refractivity contribution < 1.29 is 14.3 Å². The summed E-state index contributed by atoms with van der Waals surface area (Å²) in [4.78, 5) is 24.6. The van der Waals surface area contributed by atoms with Gasteiger partial charge in [-0.15, -0.1) is 0 Å². The second-order valence-corrected chi connectivity index (χ2v) is 7.44. The molecule has 0 aliphatic carbocycles. The van der Waals surface area contributed by atoms with Crippen molar-refractivity contribution in [2.24, 2.45) is 0 Å². The molecular weight excluding hydrogens is 416 g/mol. The first-order valence-electron chi connectivity index (χ1n) is 9.52. The Labute approximate surface area is 182 Å². The topological polar surface area (TPSA) is 82.0 Å². The summed E-state index contributed by atoms with van der Waals surface area (Å²) in [6.45, 7) is 0.179. The van der Waals surface area contributed by atoms with E-state index in [1.807, 2.05) is 28.8 Å². The number of ether oxygens (including phenoxy) is 2. The van der Waals surface area contributed by atoms with Gasteiger partial charge in [-0.2, -0.15) is 0 Å². The van der Waals surface area contributed by atoms with Gasteiger partial charge < -0.3 is 19.0 Å². The highest BCUT2D eigenvalue weighted by Gasteiger charge is 2.15. The number of rotatable bonds is 6. The lowest BCUT2D eigenvalue weighted by molar-refractivity contribution is 0.0975. The van der Waals surface area contributed by atoms with E-state index in [9.17, 15) is 4.79 Å². The molecule has 0 atom stereocenters. The van der Waals surface area contributed by atoms with Gasteiger partial charge in [0.2, 0.25) is 0 Å². The highest BCUT2D eigenvalue weighted by Crippen LogP contribution is 2.29. The Bertz CT molecular complexity index is 1420. The molecule has 0 fully saturated rings. The van der Waals surface area contributed by atoms with Gasteiger partial charge in [0.1, 0.15) is 17.2 Å². The molecule has 0 saturated carbocycles. The SMILES string of the molecule is COc1cncc(Oc2ccc3c(C(=O)Cn4cnc5cc(Cl)ccc54)c[nH]c3c2)c1. The molecule has 1 N–H and O–H groups in total. The van der Waals surface area contributed by atoms with Gasteiger partial charge in [-0.3, -0.25) is 9.78 Å². The molecule has 5 rings (SSSR count). The highest BCUT2D eigenvalue weighted by atomic mass is 35.5. The minimum Gasteiger partial charge on any atom is -0.495 e. The molecule has 0 spiro atoms. The number of carbonyl (C=O) groups excluding carboxylic acids is 1. The van der Waals surface area contributed by atoms with Gasteiger partial charge in [-0.05, 0) is 30.3 Å². The number of Topliss-reactive ketones (excluding diaryl/α,β-unsaturated/α-hetero) is 1. The first-order valence-corrected chi connectivity index (χ1v) is 9.90. The zero-order valence-electron chi connectivity index (χ0n) is 16.5. The molecule has 3 heterocycles. The molecule has 0 unspecified atom stereocenters. The number of halogens is 1. The van der Waals surface area contributed by atoms with Crippen LogP contribution in [0.2, 0.25) is 5.02 Å². The Morgan fingerprint density at radius 3 is 2.84 bits per heavy atom. The van der Waals surface area contributed by atoms with E-state index in [4.69, 9.17) is 21.1 Å². The number of benzene rings is 2. The number of H-pyrrole nitrogens is 1. The summed E-state index contributed by atoms with van der Waals surface area (Å²) < 4.78 is 12.9. The van der Waals surface area contributed by atoms with Gasteiger partial charge in [0, 0.05) is 39.8 Å². The molecule has 0 saturated heterocycles. The number of aromatic nitrogens is 4. The average molecular weight is 433 g/mol. The number of ketones is 1. The predicted molar refractivity (Wildman–Crippen MR) is 118 cm³/mol. The number of hydrogen-bond acceptors (Lipinski definition) is 5. The van der Waals surface area contributed by atoms with Crippen molar-refractivity contribution >= 4 is 39.3 Å². The predicted octanol–water partition coefficient (Wildman–Crippen LogP) is 5.25. The lowest BCUT2D eigenvalue weighted by atomic mass is 10.1. The van der Waals surface area contributed by atoms with Crippen LogP contribution < -0.4 is 9.47 Å². The van der Waals surface area contributed by atoms with Crippen molar-refractivity contribution in [3.05, 3.63) is 78.0 Å². The van der Waals surface area contributed by atoms with Crippen LogP contribution in [0.3, 0.4) is 0 Å². The van der Waals surface area contributed by atoms with Crippen molar-refractivity contribution in [2.75, 3.05) is 7.11 Å². The van der Waals surface area contributed by atoms with Crippen LogP contribution >= 0.6 is 11.6 Å². The summed E-state index contributed by atoms with van der Waals surface area (Å²) in [5, 5.41) is 1.44. The molecule has 8 heteroatoms. The molecule has 2 aromatic carbocycles. The smallest absolute Gasteiger partial charge is 0.184 e. The van der Waals surface area contributed by atoms with E-state index in [0.29, 0.717) is 27.8 Å². The van der Waals surface area contributed by atoms with Crippen LogP contribution in [-0.4, -0.2) is 32.4 Å². The van der Waals surface area contributed by atoms with Gasteiger partial charge in [0.25, 0.3) is 0 Å². The molecule has 7 nitrogen and oxygen atoms in total. The zero-order valence-corrected chi connectivity index (χ0v) is 17.3. The van der Waals surface area contributed by atoms with Crippen LogP contribution in [0.25, 0.3) is 21.9 Å². The Morgan fingerprint density at radius 1 is 1.10 bits per heavy atom. The van der Waals surface area contributed by atoms with E-state index in [1.54, 1.807) is 50.2 Å². The molecule has 0 aliphatic rings. The summed E-state index contributed by atoms with van der Waals surface area (Å²) in [6, 6.07) is 12.7. The molecule has 31 heavy (non-hydrogen) atoms. The minimum atomic E-state index is -0.0221. The summed E-state index contributed by atoms with van der Waals surface area (Å²) in [6.07, 6.45) is 6.59. The maximum atomic E-state index is 13.0. The summed E-state index contributed by atoms with van der Waals surface area (Å²) in [5.41, 5.74) is 3.03. The quantitative estimate of drug-likeness (QED) is 0.370. The summed E-state index contributed by atoms with van der Waals surface area (Å²) in [7, 11) is 1.58. The summed E-state index contributed by atoms with van der Waals surface area (Å²) >= 11 is 6.02. The fourth-order valence-corrected chi connectivity index (χ4v) is 3.67. The van der Waals surface area contributed by atoms with E-state index in [0.717, 1.165) is 21.9 Å². The molecule has 0 amide bonds. The van der Waals surface area contributed by atoms with E-state index in [1.165, 1.54) is 0 Å². The number of imidazole rings is 1. The minimum absolute atomic E-state index is 0.0221. The van der Waals surface area contributed by atoms with Crippen LogP contribution in [0, 0.1) is 0 Å². The van der Waals surface area contributed by atoms with Gasteiger partial charge in [-0.1, -0.05) is 11.6 Å². The number of carbonyl (C=O) groups is 1. The molecular formula is C23H17ClN4O3. The van der Waals surface area contributed by atoms with Crippen molar-refractivity contribution in [2.45, 2.75) is 6.54 Å². The third-order valence-corrected chi connectivity index (χ3v) is 5.25. The highest BCUT2D eigenvalue weighted by molar-refractivity contribution is 6.31.